The Morgan fingerprint density at radius 2 is 2.17 bits per heavy atom. The number of carbonyl (C=O) groups excluding carboxylic acids is 1. The van der Waals surface area contributed by atoms with Crippen molar-refractivity contribution in [3.63, 3.8) is 0 Å². The van der Waals surface area contributed by atoms with Crippen LogP contribution in [0.3, 0.4) is 0 Å². The van der Waals surface area contributed by atoms with Crippen molar-refractivity contribution >= 4 is 11.7 Å². The van der Waals surface area contributed by atoms with E-state index in [1.807, 2.05) is 19.0 Å². The van der Waals surface area contributed by atoms with Gasteiger partial charge in [-0.25, -0.2) is 9.97 Å². The van der Waals surface area contributed by atoms with Crippen molar-refractivity contribution in [3.8, 4) is 11.5 Å². The van der Waals surface area contributed by atoms with Crippen molar-refractivity contribution < 1.29 is 13.7 Å². The van der Waals surface area contributed by atoms with Gasteiger partial charge in [0.2, 0.25) is 5.76 Å². The molecule has 3 aromatic heterocycles. The Bertz CT molecular complexity index is 795. The molecule has 0 fully saturated rings. The first-order valence-corrected chi connectivity index (χ1v) is 6.91. The molecule has 8 heteroatoms. The van der Waals surface area contributed by atoms with Crippen LogP contribution in [-0.4, -0.2) is 35.1 Å². The summed E-state index contributed by atoms with van der Waals surface area (Å²) in [6, 6.07) is 6.76. The molecule has 0 saturated carbocycles. The molecule has 0 radical (unpaired) electrons. The first kappa shape index (κ1) is 14.8. The predicted molar refractivity (Wildman–Crippen MR) is 81.7 cm³/mol. The monoisotopic (exact) mass is 313 g/mol. The van der Waals surface area contributed by atoms with Gasteiger partial charge < -0.3 is 19.2 Å². The van der Waals surface area contributed by atoms with E-state index in [0.29, 0.717) is 17.3 Å². The Hall–Kier alpha value is -3.16. The fourth-order valence-electron chi connectivity index (χ4n) is 1.89. The van der Waals surface area contributed by atoms with Gasteiger partial charge in [0, 0.05) is 26.4 Å². The lowest BCUT2D eigenvalue weighted by atomic mass is 10.3. The second-order valence-electron chi connectivity index (χ2n) is 4.96. The molecule has 8 nitrogen and oxygen atoms in total. The Morgan fingerprint density at radius 3 is 2.91 bits per heavy atom. The zero-order valence-electron chi connectivity index (χ0n) is 12.7. The minimum absolute atomic E-state index is 0.167. The maximum Gasteiger partial charge on any atom is 0.273 e. The number of hydrogen-bond donors (Lipinski definition) is 1. The molecule has 0 bridgehead atoms. The summed E-state index contributed by atoms with van der Waals surface area (Å²) < 4.78 is 10.3. The minimum Gasteiger partial charge on any atom is -0.461 e. The molecule has 0 aromatic carbocycles. The van der Waals surface area contributed by atoms with Crippen molar-refractivity contribution in [3.05, 3.63) is 48.2 Å². The summed E-state index contributed by atoms with van der Waals surface area (Å²) >= 11 is 0. The third kappa shape index (κ3) is 3.37. The number of hydrogen-bond acceptors (Lipinski definition) is 7. The van der Waals surface area contributed by atoms with Crippen molar-refractivity contribution in [1.82, 2.24) is 20.4 Å². The Kier molecular flexibility index (Phi) is 4.05. The van der Waals surface area contributed by atoms with E-state index in [1.54, 1.807) is 24.4 Å². The van der Waals surface area contributed by atoms with Gasteiger partial charge in [-0.2, -0.15) is 0 Å². The normalized spacial score (nSPS) is 10.5. The summed E-state index contributed by atoms with van der Waals surface area (Å²) in [4.78, 5) is 22.4. The molecule has 23 heavy (non-hydrogen) atoms. The highest BCUT2D eigenvalue weighted by Crippen LogP contribution is 2.20. The van der Waals surface area contributed by atoms with Crippen LogP contribution in [0.25, 0.3) is 11.5 Å². The molecule has 0 unspecified atom stereocenters. The lowest BCUT2D eigenvalue weighted by Gasteiger charge is -2.11. The van der Waals surface area contributed by atoms with Crippen LogP contribution < -0.4 is 10.2 Å². The number of amides is 1. The SMILES string of the molecule is CN(C)c1ccnc(CNC(=O)c2cc(-c3ccco3)on2)n1. The van der Waals surface area contributed by atoms with Gasteiger partial charge >= 0.3 is 0 Å². The average Bonchev–Trinajstić information content (AvgIpc) is 3.23. The van der Waals surface area contributed by atoms with Crippen LogP contribution in [0.5, 0.6) is 0 Å². The number of anilines is 1. The molecule has 0 atom stereocenters. The van der Waals surface area contributed by atoms with Crippen LogP contribution >= 0.6 is 0 Å². The first-order chi connectivity index (χ1) is 11.1. The average molecular weight is 313 g/mol. The number of furan rings is 1. The van der Waals surface area contributed by atoms with Crippen molar-refractivity contribution in [2.45, 2.75) is 6.54 Å². The van der Waals surface area contributed by atoms with Crippen molar-refractivity contribution in [1.29, 1.82) is 0 Å². The van der Waals surface area contributed by atoms with Gasteiger partial charge in [-0.15, -0.1) is 0 Å². The van der Waals surface area contributed by atoms with Crippen LogP contribution in [0.2, 0.25) is 0 Å². The summed E-state index contributed by atoms with van der Waals surface area (Å²) in [5, 5.41) is 6.44. The highest BCUT2D eigenvalue weighted by atomic mass is 16.5. The number of carbonyl (C=O) groups is 1. The zero-order chi connectivity index (χ0) is 16.2. The summed E-state index contributed by atoms with van der Waals surface area (Å²) in [6.07, 6.45) is 3.17. The molecule has 0 aliphatic heterocycles. The van der Waals surface area contributed by atoms with Crippen LogP contribution in [-0.2, 0) is 6.54 Å². The van der Waals surface area contributed by atoms with Crippen LogP contribution in [0, 0.1) is 0 Å². The maximum absolute atomic E-state index is 12.1. The molecular weight excluding hydrogens is 298 g/mol. The van der Waals surface area contributed by atoms with Gasteiger partial charge in [0.1, 0.15) is 11.6 Å². The first-order valence-electron chi connectivity index (χ1n) is 6.91. The van der Waals surface area contributed by atoms with E-state index in [9.17, 15) is 4.79 Å². The highest BCUT2D eigenvalue weighted by molar-refractivity contribution is 5.92. The third-order valence-corrected chi connectivity index (χ3v) is 3.06. The maximum atomic E-state index is 12.1. The molecule has 1 N–H and O–H groups in total. The molecule has 3 aromatic rings. The zero-order valence-corrected chi connectivity index (χ0v) is 12.7. The molecule has 118 valence electrons. The smallest absolute Gasteiger partial charge is 0.273 e. The minimum atomic E-state index is -0.370. The van der Waals surface area contributed by atoms with E-state index < -0.39 is 0 Å². The fourth-order valence-corrected chi connectivity index (χ4v) is 1.89. The van der Waals surface area contributed by atoms with Gasteiger partial charge in [0.05, 0.1) is 12.8 Å². The molecule has 3 heterocycles. The lowest BCUT2D eigenvalue weighted by molar-refractivity contribution is 0.0941. The number of rotatable bonds is 5. The van der Waals surface area contributed by atoms with Gasteiger partial charge in [-0.1, -0.05) is 5.16 Å². The van der Waals surface area contributed by atoms with Crippen molar-refractivity contribution in [2.75, 3.05) is 19.0 Å². The third-order valence-electron chi connectivity index (χ3n) is 3.06. The second kappa shape index (κ2) is 6.30. The molecule has 3 rings (SSSR count). The molecule has 0 aliphatic carbocycles. The Labute approximate surface area is 132 Å². The second-order valence-corrected chi connectivity index (χ2v) is 4.96. The van der Waals surface area contributed by atoms with E-state index in [2.05, 4.69) is 20.4 Å². The topological polar surface area (TPSA) is 97.3 Å². The molecule has 0 spiro atoms. The van der Waals surface area contributed by atoms with Crippen LogP contribution in [0.4, 0.5) is 5.82 Å². The van der Waals surface area contributed by atoms with E-state index in [-0.39, 0.29) is 18.1 Å². The Morgan fingerprint density at radius 1 is 1.30 bits per heavy atom. The van der Waals surface area contributed by atoms with E-state index in [4.69, 9.17) is 8.94 Å². The molecule has 0 aliphatic rings. The van der Waals surface area contributed by atoms with Gasteiger partial charge in [-0.05, 0) is 18.2 Å². The number of nitrogens with one attached hydrogen (secondary N) is 1. The van der Waals surface area contributed by atoms with Crippen molar-refractivity contribution in [2.24, 2.45) is 0 Å². The summed E-state index contributed by atoms with van der Waals surface area (Å²) in [7, 11) is 3.77. The molecular formula is C15H15N5O3. The number of aromatic nitrogens is 3. The van der Waals surface area contributed by atoms with Gasteiger partial charge in [0.25, 0.3) is 5.91 Å². The fraction of sp³-hybridized carbons (Fsp3) is 0.200. The van der Waals surface area contributed by atoms with E-state index >= 15 is 0 Å². The van der Waals surface area contributed by atoms with Crippen LogP contribution in [0.15, 0.2) is 45.7 Å². The largest absolute Gasteiger partial charge is 0.461 e. The highest BCUT2D eigenvalue weighted by Gasteiger charge is 2.15. The summed E-state index contributed by atoms with van der Waals surface area (Å²) in [5.74, 6) is 1.82. The lowest BCUT2D eigenvalue weighted by Crippen LogP contribution is -2.24. The van der Waals surface area contributed by atoms with Gasteiger partial charge in [0.15, 0.2) is 11.5 Å². The van der Waals surface area contributed by atoms with Crippen LogP contribution in [0.1, 0.15) is 16.3 Å². The van der Waals surface area contributed by atoms with Gasteiger partial charge in [-0.3, -0.25) is 4.79 Å². The summed E-state index contributed by atoms with van der Waals surface area (Å²) in [5.41, 5.74) is 0.167. The molecule has 1 amide bonds. The molecule has 0 saturated heterocycles. The number of nitrogens with zero attached hydrogens (tertiary/aromatic N) is 4. The standard InChI is InChI=1S/C15H15N5O3/c1-20(2)14-5-6-16-13(18-14)9-17-15(21)10-8-12(23-19-10)11-4-3-7-22-11/h3-8H,9H2,1-2H3,(H,17,21). The predicted octanol–water partition coefficient (Wildman–Crippen LogP) is 1.72. The quantitative estimate of drug-likeness (QED) is 0.766. The summed E-state index contributed by atoms with van der Waals surface area (Å²) in [6.45, 7) is 0.198. The van der Waals surface area contributed by atoms with E-state index in [0.717, 1.165) is 5.82 Å². The Balaban J connectivity index is 1.65. The van der Waals surface area contributed by atoms with E-state index in [1.165, 1.54) is 12.3 Å².